The molecule has 0 saturated carbocycles. The minimum atomic E-state index is -3.66. The number of aromatic nitrogens is 2. The highest BCUT2D eigenvalue weighted by molar-refractivity contribution is 7.89. The summed E-state index contributed by atoms with van der Waals surface area (Å²) >= 11 is 0. The molecule has 0 spiro atoms. The van der Waals surface area contributed by atoms with Crippen molar-refractivity contribution in [3.63, 3.8) is 0 Å². The Morgan fingerprint density at radius 1 is 1.32 bits per heavy atom. The second-order valence-corrected chi connectivity index (χ2v) is 7.57. The largest absolute Gasteiger partial charge is 0.379 e. The molecule has 25 heavy (non-hydrogen) atoms. The van der Waals surface area contributed by atoms with Gasteiger partial charge in [0.2, 0.25) is 0 Å². The number of nitrogens with zero attached hydrogens (tertiary/aromatic N) is 2. The van der Waals surface area contributed by atoms with Crippen LogP contribution < -0.4 is 4.72 Å². The number of nitrogens with one attached hydrogen (secondary N) is 1. The van der Waals surface area contributed by atoms with Crippen LogP contribution in [-0.4, -0.2) is 43.6 Å². The molecule has 1 aromatic carbocycles. The first-order valence-electron chi connectivity index (χ1n) is 8.37. The van der Waals surface area contributed by atoms with Crippen LogP contribution in [0.3, 0.4) is 0 Å². The summed E-state index contributed by atoms with van der Waals surface area (Å²) in [5.74, 6) is 0. The molecule has 1 aliphatic rings. The van der Waals surface area contributed by atoms with Crippen LogP contribution in [0.2, 0.25) is 0 Å². The maximum atomic E-state index is 12.7. The van der Waals surface area contributed by atoms with Gasteiger partial charge in [-0.05, 0) is 25.0 Å². The van der Waals surface area contributed by atoms with Gasteiger partial charge >= 0.3 is 0 Å². The number of hydrogen-bond acceptors (Lipinski definition) is 5. The number of sulfonamides is 1. The summed E-state index contributed by atoms with van der Waals surface area (Å²) in [6.07, 6.45) is 1.73. The fourth-order valence-electron chi connectivity index (χ4n) is 2.83. The van der Waals surface area contributed by atoms with E-state index in [1.165, 1.54) is 16.9 Å². The van der Waals surface area contributed by atoms with Crippen molar-refractivity contribution < 1.29 is 17.9 Å². The van der Waals surface area contributed by atoms with E-state index in [0.29, 0.717) is 32.8 Å². The lowest BCUT2D eigenvalue weighted by Gasteiger charge is -2.31. The van der Waals surface area contributed by atoms with E-state index in [0.717, 1.165) is 5.56 Å². The molecule has 136 valence electrons. The van der Waals surface area contributed by atoms with E-state index in [2.05, 4.69) is 9.82 Å². The van der Waals surface area contributed by atoms with E-state index in [9.17, 15) is 8.42 Å². The fraction of sp³-hybridized carbons (Fsp3) is 0.471. The molecule has 1 aliphatic heterocycles. The van der Waals surface area contributed by atoms with Crippen LogP contribution in [0.25, 0.3) is 0 Å². The van der Waals surface area contributed by atoms with Crippen LogP contribution in [0.1, 0.15) is 18.9 Å². The van der Waals surface area contributed by atoms with E-state index < -0.39 is 10.0 Å². The number of rotatable bonds is 7. The zero-order valence-corrected chi connectivity index (χ0v) is 15.0. The zero-order chi connectivity index (χ0) is 17.7. The molecular formula is C17H23N3O4S. The van der Waals surface area contributed by atoms with Crippen LogP contribution in [-0.2, 0) is 32.6 Å². The Kier molecular flexibility index (Phi) is 5.85. The number of hydrogen-bond donors (Lipinski definition) is 1. The first kappa shape index (κ1) is 18.1. The predicted octanol–water partition coefficient (Wildman–Crippen LogP) is 1.56. The van der Waals surface area contributed by atoms with Crippen molar-refractivity contribution in [3.05, 3.63) is 48.2 Å². The average Bonchev–Trinajstić information content (AvgIpc) is 3.11. The molecule has 0 amide bonds. The van der Waals surface area contributed by atoms with Gasteiger partial charge in [-0.2, -0.15) is 5.10 Å². The maximum Gasteiger partial charge on any atom is 0.258 e. The molecule has 7 nitrogen and oxygen atoms in total. The third kappa shape index (κ3) is 4.46. The molecule has 0 bridgehead atoms. The Bertz CT molecular complexity index is 776. The summed E-state index contributed by atoms with van der Waals surface area (Å²) in [5.41, 5.74) is 1.04. The summed E-state index contributed by atoms with van der Waals surface area (Å²) < 4.78 is 41.0. The predicted molar refractivity (Wildman–Crippen MR) is 92.5 cm³/mol. The summed E-state index contributed by atoms with van der Waals surface area (Å²) in [6.45, 7) is 3.63. The first-order chi connectivity index (χ1) is 12.1. The van der Waals surface area contributed by atoms with Gasteiger partial charge in [-0.1, -0.05) is 30.3 Å². The molecule has 0 unspecified atom stereocenters. The van der Waals surface area contributed by atoms with Gasteiger partial charge in [0.25, 0.3) is 10.0 Å². The van der Waals surface area contributed by atoms with E-state index >= 15 is 0 Å². The van der Waals surface area contributed by atoms with Gasteiger partial charge < -0.3 is 9.47 Å². The van der Waals surface area contributed by atoms with Crippen molar-refractivity contribution in [2.45, 2.75) is 43.7 Å². The van der Waals surface area contributed by atoms with E-state index in [1.54, 1.807) is 0 Å². The van der Waals surface area contributed by atoms with Crippen molar-refractivity contribution in [2.75, 3.05) is 13.2 Å². The van der Waals surface area contributed by atoms with Gasteiger partial charge in [-0.25, -0.2) is 13.1 Å². The van der Waals surface area contributed by atoms with Gasteiger partial charge in [0, 0.05) is 13.2 Å². The first-order valence-corrected chi connectivity index (χ1v) is 9.86. The third-order valence-corrected chi connectivity index (χ3v) is 5.68. The minimum absolute atomic E-state index is 0.170. The third-order valence-electron chi connectivity index (χ3n) is 4.17. The van der Waals surface area contributed by atoms with Crippen LogP contribution >= 0.6 is 0 Å². The lowest BCUT2D eigenvalue weighted by molar-refractivity contribution is -0.0711. The number of ether oxygens (including phenoxy) is 2. The van der Waals surface area contributed by atoms with Gasteiger partial charge in [-0.15, -0.1) is 0 Å². The molecular weight excluding hydrogens is 342 g/mol. The summed E-state index contributed by atoms with van der Waals surface area (Å²) in [6, 6.07) is 11.0. The van der Waals surface area contributed by atoms with Gasteiger partial charge in [0.1, 0.15) is 0 Å². The molecule has 0 aliphatic carbocycles. The molecule has 2 heterocycles. The Morgan fingerprint density at radius 2 is 2.12 bits per heavy atom. The van der Waals surface area contributed by atoms with Crippen LogP contribution in [0, 0.1) is 0 Å². The Balaban J connectivity index is 1.68. The molecule has 2 aromatic rings. The van der Waals surface area contributed by atoms with Crippen LogP contribution in [0.15, 0.2) is 47.6 Å². The lowest BCUT2D eigenvalue weighted by Crippen LogP contribution is -2.50. The minimum Gasteiger partial charge on any atom is -0.379 e. The van der Waals surface area contributed by atoms with Crippen LogP contribution in [0.4, 0.5) is 0 Å². The Hall–Kier alpha value is -1.74. The number of aryl methyl sites for hydroxylation is 1. The van der Waals surface area contributed by atoms with E-state index in [-0.39, 0.29) is 17.2 Å². The highest BCUT2D eigenvalue weighted by Gasteiger charge is 2.32. The fourth-order valence-corrected chi connectivity index (χ4v) is 4.32. The molecule has 8 heteroatoms. The second-order valence-electron chi connectivity index (χ2n) is 5.91. The second kappa shape index (κ2) is 8.09. The van der Waals surface area contributed by atoms with E-state index in [4.69, 9.17) is 9.47 Å². The van der Waals surface area contributed by atoms with Gasteiger partial charge in [-0.3, -0.25) is 4.68 Å². The zero-order valence-electron chi connectivity index (χ0n) is 14.2. The molecule has 2 atom stereocenters. The van der Waals surface area contributed by atoms with Gasteiger partial charge in [0.15, 0.2) is 5.03 Å². The highest BCUT2D eigenvalue weighted by atomic mass is 32.2. The summed E-state index contributed by atoms with van der Waals surface area (Å²) in [4.78, 5) is 0. The Labute approximate surface area is 148 Å². The van der Waals surface area contributed by atoms with E-state index in [1.807, 2.05) is 37.3 Å². The van der Waals surface area contributed by atoms with Gasteiger partial charge in [0.05, 0.1) is 31.6 Å². The summed E-state index contributed by atoms with van der Waals surface area (Å²) in [7, 11) is -3.66. The number of benzene rings is 1. The molecule has 0 radical (unpaired) electrons. The lowest BCUT2D eigenvalue weighted by atomic mass is 10.1. The van der Waals surface area contributed by atoms with Crippen molar-refractivity contribution in [3.8, 4) is 0 Å². The maximum absolute atomic E-state index is 12.7. The van der Waals surface area contributed by atoms with Crippen molar-refractivity contribution >= 4 is 10.0 Å². The standard InChI is InChI=1S/C17H23N3O4S/c1-2-20-17(8-10-18-20)25(21,22)19-15-9-11-23-13-16(15)24-12-14-6-4-3-5-7-14/h3-8,10,15-16,19H,2,9,11-13H2,1H3/t15-,16-/m1/s1. The highest BCUT2D eigenvalue weighted by Crippen LogP contribution is 2.17. The normalized spacial score (nSPS) is 21.3. The topological polar surface area (TPSA) is 82.5 Å². The monoisotopic (exact) mass is 365 g/mol. The molecule has 1 N–H and O–H groups in total. The SMILES string of the molecule is CCn1nccc1S(=O)(=O)N[C@@H]1CCOC[C@H]1OCc1ccccc1. The average molecular weight is 365 g/mol. The Morgan fingerprint density at radius 3 is 2.88 bits per heavy atom. The molecule has 1 saturated heterocycles. The van der Waals surface area contributed by atoms with Crippen molar-refractivity contribution in [1.29, 1.82) is 0 Å². The van der Waals surface area contributed by atoms with Crippen LogP contribution in [0.5, 0.6) is 0 Å². The van der Waals surface area contributed by atoms with Crippen molar-refractivity contribution in [1.82, 2.24) is 14.5 Å². The smallest absolute Gasteiger partial charge is 0.258 e. The molecule has 1 aromatic heterocycles. The molecule has 1 fully saturated rings. The molecule has 3 rings (SSSR count). The van der Waals surface area contributed by atoms with Crippen molar-refractivity contribution in [2.24, 2.45) is 0 Å². The quantitative estimate of drug-likeness (QED) is 0.805. The summed E-state index contributed by atoms with van der Waals surface area (Å²) in [5, 5.41) is 4.20.